The van der Waals surface area contributed by atoms with Crippen molar-refractivity contribution in [2.75, 3.05) is 26.2 Å². The number of piperazine rings is 1. The highest BCUT2D eigenvalue weighted by atomic mass is 35.5. The monoisotopic (exact) mass is 299 g/mol. The number of aromatic nitrogens is 1. The summed E-state index contributed by atoms with van der Waals surface area (Å²) in [6.07, 6.45) is 2.42. The summed E-state index contributed by atoms with van der Waals surface area (Å²) in [5.74, 6) is -0.00208. The second-order valence-electron chi connectivity index (χ2n) is 5.08. The predicted molar refractivity (Wildman–Crippen MR) is 74.8 cm³/mol. The Balaban J connectivity index is 1.76. The molecule has 0 saturated carbocycles. The Hall–Kier alpha value is -0.840. The summed E-state index contributed by atoms with van der Waals surface area (Å²) in [5.41, 5.74) is 0.524. The highest BCUT2D eigenvalue weighted by Crippen LogP contribution is 2.23. The Labute approximate surface area is 122 Å². The molecule has 4 nitrogen and oxygen atoms in total. The molecule has 1 amide bonds. The van der Waals surface area contributed by atoms with E-state index in [-0.39, 0.29) is 16.2 Å². The van der Waals surface area contributed by atoms with Crippen molar-refractivity contribution >= 4 is 29.1 Å². The lowest BCUT2D eigenvalue weighted by atomic mass is 10.1. The fraction of sp³-hybridized carbons (Fsp3) is 0.538. The molecule has 2 fully saturated rings. The molecule has 102 valence electrons. The van der Waals surface area contributed by atoms with E-state index < -0.39 is 0 Å². The van der Waals surface area contributed by atoms with Gasteiger partial charge in [0.05, 0.1) is 0 Å². The number of pyridine rings is 1. The largest absolute Gasteiger partial charge is 0.336 e. The minimum Gasteiger partial charge on any atom is -0.336 e. The van der Waals surface area contributed by atoms with Crippen molar-refractivity contribution in [1.82, 2.24) is 14.8 Å². The molecule has 2 aliphatic heterocycles. The van der Waals surface area contributed by atoms with Gasteiger partial charge in [0.25, 0.3) is 5.91 Å². The molecule has 1 aromatic heterocycles. The van der Waals surface area contributed by atoms with Crippen LogP contribution in [0.1, 0.15) is 23.2 Å². The molecule has 0 spiro atoms. The minimum absolute atomic E-state index is 0.00208. The van der Waals surface area contributed by atoms with Gasteiger partial charge in [-0.25, -0.2) is 4.98 Å². The van der Waals surface area contributed by atoms with E-state index in [2.05, 4.69) is 9.88 Å². The molecule has 2 saturated heterocycles. The molecule has 1 aromatic rings. The van der Waals surface area contributed by atoms with Crippen LogP contribution in [0.2, 0.25) is 10.3 Å². The maximum absolute atomic E-state index is 12.5. The van der Waals surface area contributed by atoms with Gasteiger partial charge >= 0.3 is 0 Å². The quantitative estimate of drug-likeness (QED) is 0.747. The average molecular weight is 300 g/mol. The molecular weight excluding hydrogens is 285 g/mol. The zero-order valence-electron chi connectivity index (χ0n) is 10.5. The van der Waals surface area contributed by atoms with Gasteiger partial charge in [0.2, 0.25) is 0 Å². The zero-order chi connectivity index (χ0) is 13.4. The molecule has 2 aliphatic rings. The Morgan fingerprint density at radius 3 is 2.68 bits per heavy atom. The number of carbonyl (C=O) groups is 1. The van der Waals surface area contributed by atoms with Crippen molar-refractivity contribution in [3.05, 3.63) is 28.0 Å². The summed E-state index contributed by atoms with van der Waals surface area (Å²) in [4.78, 5) is 20.7. The van der Waals surface area contributed by atoms with Gasteiger partial charge in [-0.05, 0) is 31.5 Å². The lowest BCUT2D eigenvalue weighted by Gasteiger charge is -2.37. The molecule has 0 bridgehead atoms. The van der Waals surface area contributed by atoms with E-state index in [0.717, 1.165) is 19.6 Å². The predicted octanol–water partition coefficient (Wildman–Crippen LogP) is 2.31. The van der Waals surface area contributed by atoms with E-state index in [1.165, 1.54) is 19.4 Å². The van der Waals surface area contributed by atoms with E-state index >= 15 is 0 Å². The van der Waals surface area contributed by atoms with E-state index in [1.807, 2.05) is 4.90 Å². The topological polar surface area (TPSA) is 36.4 Å². The Morgan fingerprint density at radius 2 is 1.95 bits per heavy atom. The third-order valence-electron chi connectivity index (χ3n) is 3.88. The maximum Gasteiger partial charge on any atom is 0.254 e. The van der Waals surface area contributed by atoms with Gasteiger partial charge in [-0.3, -0.25) is 9.69 Å². The first-order chi connectivity index (χ1) is 9.13. The molecular formula is C13H15Cl2N3O. The number of nitrogens with zero attached hydrogens (tertiary/aromatic N) is 3. The van der Waals surface area contributed by atoms with Crippen molar-refractivity contribution in [2.24, 2.45) is 0 Å². The van der Waals surface area contributed by atoms with Crippen molar-refractivity contribution in [2.45, 2.75) is 18.9 Å². The highest BCUT2D eigenvalue weighted by molar-refractivity contribution is 6.33. The fourth-order valence-electron chi connectivity index (χ4n) is 2.95. The second-order valence-corrected chi connectivity index (χ2v) is 5.86. The molecule has 3 rings (SSSR count). The SMILES string of the molecule is O=C(c1cc(Cl)nc(Cl)c1)N1CCN2CCCC2C1. The Morgan fingerprint density at radius 1 is 1.21 bits per heavy atom. The number of hydrogen-bond acceptors (Lipinski definition) is 3. The highest BCUT2D eigenvalue weighted by Gasteiger charge is 2.32. The maximum atomic E-state index is 12.5. The summed E-state index contributed by atoms with van der Waals surface area (Å²) in [6.45, 7) is 3.70. The molecule has 1 unspecified atom stereocenters. The number of fused-ring (bicyclic) bond motifs is 1. The van der Waals surface area contributed by atoms with Gasteiger partial charge in [-0.2, -0.15) is 0 Å². The van der Waals surface area contributed by atoms with Gasteiger partial charge in [-0.15, -0.1) is 0 Å². The van der Waals surface area contributed by atoms with E-state index in [1.54, 1.807) is 12.1 Å². The first-order valence-electron chi connectivity index (χ1n) is 6.50. The molecule has 3 heterocycles. The first-order valence-corrected chi connectivity index (χ1v) is 7.25. The number of amides is 1. The van der Waals surface area contributed by atoms with Gasteiger partial charge in [0, 0.05) is 31.2 Å². The van der Waals surface area contributed by atoms with E-state index in [0.29, 0.717) is 11.6 Å². The smallest absolute Gasteiger partial charge is 0.254 e. The summed E-state index contributed by atoms with van der Waals surface area (Å²) in [5, 5.41) is 0.519. The van der Waals surface area contributed by atoms with Crippen molar-refractivity contribution in [3.63, 3.8) is 0 Å². The normalized spacial score (nSPS) is 23.5. The van der Waals surface area contributed by atoms with Gasteiger partial charge in [0.15, 0.2) is 0 Å². The first kappa shape index (κ1) is 13.2. The average Bonchev–Trinajstić information content (AvgIpc) is 2.83. The van der Waals surface area contributed by atoms with Crippen LogP contribution < -0.4 is 0 Å². The minimum atomic E-state index is -0.00208. The zero-order valence-corrected chi connectivity index (χ0v) is 12.0. The third kappa shape index (κ3) is 2.71. The molecule has 0 aromatic carbocycles. The van der Waals surface area contributed by atoms with E-state index in [4.69, 9.17) is 23.2 Å². The van der Waals surface area contributed by atoms with Gasteiger partial charge in [0.1, 0.15) is 10.3 Å². The van der Waals surface area contributed by atoms with Crippen LogP contribution in [0.4, 0.5) is 0 Å². The summed E-state index contributed by atoms with van der Waals surface area (Å²) >= 11 is 11.7. The van der Waals surface area contributed by atoms with Crippen LogP contribution in [0.15, 0.2) is 12.1 Å². The molecule has 0 N–H and O–H groups in total. The summed E-state index contributed by atoms with van der Waals surface area (Å²) < 4.78 is 0. The van der Waals surface area contributed by atoms with Crippen molar-refractivity contribution in [3.8, 4) is 0 Å². The van der Waals surface area contributed by atoms with Crippen LogP contribution in [0, 0.1) is 0 Å². The lowest BCUT2D eigenvalue weighted by molar-refractivity contribution is 0.0571. The van der Waals surface area contributed by atoms with Crippen LogP contribution >= 0.6 is 23.2 Å². The number of hydrogen-bond donors (Lipinski definition) is 0. The van der Waals surface area contributed by atoms with Crippen LogP contribution in [-0.2, 0) is 0 Å². The standard InChI is InChI=1S/C13H15Cl2N3O/c14-11-6-9(7-12(15)16-11)13(19)18-5-4-17-3-1-2-10(17)8-18/h6-7,10H,1-5,8H2. The molecule has 19 heavy (non-hydrogen) atoms. The summed E-state index contributed by atoms with van der Waals surface area (Å²) in [7, 11) is 0. The van der Waals surface area contributed by atoms with Crippen molar-refractivity contribution in [1.29, 1.82) is 0 Å². The third-order valence-corrected chi connectivity index (χ3v) is 4.27. The van der Waals surface area contributed by atoms with Crippen LogP contribution in [0.3, 0.4) is 0 Å². The molecule has 6 heteroatoms. The lowest BCUT2D eigenvalue weighted by Crippen LogP contribution is -2.52. The fourth-order valence-corrected chi connectivity index (χ4v) is 3.41. The van der Waals surface area contributed by atoms with Crippen LogP contribution in [0.5, 0.6) is 0 Å². The van der Waals surface area contributed by atoms with Gasteiger partial charge in [-0.1, -0.05) is 23.2 Å². The van der Waals surface area contributed by atoms with Gasteiger partial charge < -0.3 is 4.90 Å². The van der Waals surface area contributed by atoms with E-state index in [9.17, 15) is 4.79 Å². The Kier molecular flexibility index (Phi) is 3.65. The molecule has 0 aliphatic carbocycles. The second kappa shape index (κ2) is 5.27. The summed E-state index contributed by atoms with van der Waals surface area (Å²) in [6, 6.07) is 3.68. The van der Waals surface area contributed by atoms with Crippen LogP contribution in [-0.4, -0.2) is 52.9 Å². The number of halogens is 2. The number of rotatable bonds is 1. The van der Waals surface area contributed by atoms with Crippen LogP contribution in [0.25, 0.3) is 0 Å². The van der Waals surface area contributed by atoms with Crippen molar-refractivity contribution < 1.29 is 4.79 Å². The number of carbonyl (C=O) groups excluding carboxylic acids is 1. The Bertz CT molecular complexity index is 488. The molecule has 0 radical (unpaired) electrons. The molecule has 1 atom stereocenters.